The van der Waals surface area contributed by atoms with Crippen molar-refractivity contribution in [1.82, 2.24) is 15.3 Å². The fraction of sp³-hybridized carbons (Fsp3) is 0.692. The third kappa shape index (κ3) is 3.75. The first-order valence-electron chi connectivity index (χ1n) is 6.36. The van der Waals surface area contributed by atoms with Gasteiger partial charge in [-0.2, -0.15) is 0 Å². The maximum Gasteiger partial charge on any atom is 0.134 e. The van der Waals surface area contributed by atoms with Crippen molar-refractivity contribution in [3.05, 3.63) is 23.8 Å². The van der Waals surface area contributed by atoms with E-state index in [1.165, 1.54) is 0 Å². The number of hydrogen-bond acceptors (Lipinski definition) is 4. The molecule has 17 heavy (non-hydrogen) atoms. The van der Waals surface area contributed by atoms with E-state index in [1.807, 2.05) is 12.3 Å². The molecule has 1 N–H and O–H groups in total. The molecule has 1 unspecified atom stereocenters. The summed E-state index contributed by atoms with van der Waals surface area (Å²) < 4.78 is 5.37. The Balaban J connectivity index is 1.91. The molecule has 1 saturated heterocycles. The third-order valence-corrected chi connectivity index (χ3v) is 2.89. The molecule has 0 aliphatic carbocycles. The first-order chi connectivity index (χ1) is 8.25. The van der Waals surface area contributed by atoms with Gasteiger partial charge in [-0.25, -0.2) is 9.97 Å². The Kier molecular flexibility index (Phi) is 4.45. The van der Waals surface area contributed by atoms with Gasteiger partial charge < -0.3 is 10.1 Å². The average molecular weight is 235 g/mol. The highest BCUT2D eigenvalue weighted by Gasteiger charge is 2.20. The van der Waals surface area contributed by atoms with Crippen LogP contribution in [0.2, 0.25) is 0 Å². The summed E-state index contributed by atoms with van der Waals surface area (Å²) in [4.78, 5) is 8.94. The standard InChI is InChI=1S/C13H21N3O/c1-10(2)7-14-8-12-3-5-15-13(16-12)11-4-6-17-9-11/h3,5,10-11,14H,4,6-9H2,1-2H3. The first-order valence-corrected chi connectivity index (χ1v) is 6.36. The van der Waals surface area contributed by atoms with Crippen LogP contribution in [0.1, 0.15) is 37.7 Å². The SMILES string of the molecule is CC(C)CNCc1ccnc(C2CCOC2)n1. The second-order valence-electron chi connectivity index (χ2n) is 4.99. The summed E-state index contributed by atoms with van der Waals surface area (Å²) in [6.45, 7) is 7.85. The molecule has 1 aromatic heterocycles. The fourth-order valence-electron chi connectivity index (χ4n) is 1.94. The molecule has 0 radical (unpaired) electrons. The lowest BCUT2D eigenvalue weighted by molar-refractivity contribution is 0.193. The zero-order valence-electron chi connectivity index (χ0n) is 10.6. The number of hydrogen-bond donors (Lipinski definition) is 1. The Morgan fingerprint density at radius 2 is 2.41 bits per heavy atom. The maximum atomic E-state index is 5.37. The molecule has 2 rings (SSSR count). The lowest BCUT2D eigenvalue weighted by Crippen LogP contribution is -2.20. The van der Waals surface area contributed by atoms with Gasteiger partial charge in [0.15, 0.2) is 0 Å². The van der Waals surface area contributed by atoms with Crippen LogP contribution in [-0.4, -0.2) is 29.7 Å². The van der Waals surface area contributed by atoms with Crippen LogP contribution in [0.25, 0.3) is 0 Å². The van der Waals surface area contributed by atoms with Crippen molar-refractivity contribution in [2.45, 2.75) is 32.7 Å². The van der Waals surface area contributed by atoms with Crippen LogP contribution in [0.4, 0.5) is 0 Å². The van der Waals surface area contributed by atoms with E-state index in [0.717, 1.165) is 44.2 Å². The minimum Gasteiger partial charge on any atom is -0.381 e. The minimum absolute atomic E-state index is 0.389. The highest BCUT2D eigenvalue weighted by molar-refractivity contribution is 5.06. The largest absolute Gasteiger partial charge is 0.381 e. The van der Waals surface area contributed by atoms with Crippen LogP contribution < -0.4 is 5.32 Å². The van der Waals surface area contributed by atoms with E-state index in [2.05, 4.69) is 29.1 Å². The smallest absolute Gasteiger partial charge is 0.134 e. The van der Waals surface area contributed by atoms with Crippen molar-refractivity contribution < 1.29 is 4.74 Å². The molecule has 0 aromatic carbocycles. The summed E-state index contributed by atoms with van der Waals surface area (Å²) in [5, 5.41) is 3.40. The predicted molar refractivity (Wildman–Crippen MR) is 66.8 cm³/mol. The van der Waals surface area contributed by atoms with E-state index < -0.39 is 0 Å². The van der Waals surface area contributed by atoms with Crippen LogP contribution in [0.15, 0.2) is 12.3 Å². The first kappa shape index (κ1) is 12.5. The highest BCUT2D eigenvalue weighted by Crippen LogP contribution is 2.21. The van der Waals surface area contributed by atoms with Crippen molar-refractivity contribution in [1.29, 1.82) is 0 Å². The molecule has 0 bridgehead atoms. The van der Waals surface area contributed by atoms with E-state index in [4.69, 9.17) is 4.74 Å². The molecule has 1 aromatic rings. The minimum atomic E-state index is 0.389. The Labute approximate surface area is 103 Å². The summed E-state index contributed by atoms with van der Waals surface area (Å²) in [5.41, 5.74) is 1.07. The molecule has 4 heteroatoms. The number of aromatic nitrogens is 2. The summed E-state index contributed by atoms with van der Waals surface area (Å²) >= 11 is 0. The molecule has 0 amide bonds. The average Bonchev–Trinajstić information content (AvgIpc) is 2.82. The van der Waals surface area contributed by atoms with Crippen molar-refractivity contribution in [2.24, 2.45) is 5.92 Å². The van der Waals surface area contributed by atoms with Gasteiger partial charge in [0.05, 0.1) is 12.3 Å². The van der Waals surface area contributed by atoms with Gasteiger partial charge in [0.1, 0.15) is 5.82 Å². The van der Waals surface area contributed by atoms with E-state index in [-0.39, 0.29) is 0 Å². The normalized spacial score (nSPS) is 20.1. The number of ether oxygens (including phenoxy) is 1. The van der Waals surface area contributed by atoms with Crippen molar-refractivity contribution >= 4 is 0 Å². The Morgan fingerprint density at radius 3 is 3.12 bits per heavy atom. The molecule has 1 atom stereocenters. The van der Waals surface area contributed by atoms with Gasteiger partial charge in [0, 0.05) is 25.3 Å². The van der Waals surface area contributed by atoms with E-state index >= 15 is 0 Å². The van der Waals surface area contributed by atoms with Crippen LogP contribution in [-0.2, 0) is 11.3 Å². The topological polar surface area (TPSA) is 47.0 Å². The quantitative estimate of drug-likeness (QED) is 0.844. The molecule has 1 aliphatic heterocycles. The highest BCUT2D eigenvalue weighted by atomic mass is 16.5. The molecular formula is C13H21N3O. The van der Waals surface area contributed by atoms with Gasteiger partial charge >= 0.3 is 0 Å². The molecule has 94 valence electrons. The molecule has 1 fully saturated rings. The molecular weight excluding hydrogens is 214 g/mol. The maximum absolute atomic E-state index is 5.37. The monoisotopic (exact) mass is 235 g/mol. The van der Waals surface area contributed by atoms with Crippen LogP contribution >= 0.6 is 0 Å². The Hall–Kier alpha value is -1.00. The molecule has 1 aliphatic rings. The van der Waals surface area contributed by atoms with Crippen LogP contribution in [0.3, 0.4) is 0 Å². The number of nitrogens with zero attached hydrogens (tertiary/aromatic N) is 2. The Bertz CT molecular complexity index is 348. The van der Waals surface area contributed by atoms with E-state index in [9.17, 15) is 0 Å². The van der Waals surface area contributed by atoms with Crippen LogP contribution in [0.5, 0.6) is 0 Å². The Morgan fingerprint density at radius 1 is 1.53 bits per heavy atom. The van der Waals surface area contributed by atoms with Crippen molar-refractivity contribution in [2.75, 3.05) is 19.8 Å². The van der Waals surface area contributed by atoms with Gasteiger partial charge in [-0.3, -0.25) is 0 Å². The summed E-state index contributed by atoms with van der Waals surface area (Å²) in [5.74, 6) is 1.99. The third-order valence-electron chi connectivity index (χ3n) is 2.89. The van der Waals surface area contributed by atoms with E-state index in [1.54, 1.807) is 0 Å². The van der Waals surface area contributed by atoms with Gasteiger partial charge in [0.25, 0.3) is 0 Å². The zero-order chi connectivity index (χ0) is 12.1. The summed E-state index contributed by atoms with van der Waals surface area (Å²) in [7, 11) is 0. The lowest BCUT2D eigenvalue weighted by atomic mass is 10.1. The molecule has 0 spiro atoms. The molecule has 0 saturated carbocycles. The molecule has 2 heterocycles. The van der Waals surface area contributed by atoms with Gasteiger partial charge in [-0.1, -0.05) is 13.8 Å². The summed E-state index contributed by atoms with van der Waals surface area (Å²) in [6, 6.07) is 1.98. The second-order valence-corrected chi connectivity index (χ2v) is 4.99. The van der Waals surface area contributed by atoms with Gasteiger partial charge in [-0.05, 0) is 24.9 Å². The van der Waals surface area contributed by atoms with E-state index in [0.29, 0.717) is 11.8 Å². The number of nitrogens with one attached hydrogen (secondary N) is 1. The lowest BCUT2D eigenvalue weighted by Gasteiger charge is -2.09. The van der Waals surface area contributed by atoms with Gasteiger partial charge in [0.2, 0.25) is 0 Å². The predicted octanol–water partition coefficient (Wildman–Crippen LogP) is 1.73. The van der Waals surface area contributed by atoms with Crippen molar-refractivity contribution in [3.8, 4) is 0 Å². The van der Waals surface area contributed by atoms with Gasteiger partial charge in [-0.15, -0.1) is 0 Å². The second kappa shape index (κ2) is 6.07. The summed E-state index contributed by atoms with van der Waals surface area (Å²) in [6.07, 6.45) is 2.90. The zero-order valence-corrected chi connectivity index (χ0v) is 10.6. The van der Waals surface area contributed by atoms with Crippen molar-refractivity contribution in [3.63, 3.8) is 0 Å². The fourth-order valence-corrected chi connectivity index (χ4v) is 1.94. The van der Waals surface area contributed by atoms with Crippen LogP contribution in [0, 0.1) is 5.92 Å². The number of rotatable bonds is 5. The molecule has 4 nitrogen and oxygen atoms in total.